The Bertz CT molecular complexity index is 283. The van der Waals surface area contributed by atoms with Gasteiger partial charge in [-0.05, 0) is 44.4 Å². The van der Waals surface area contributed by atoms with E-state index in [-0.39, 0.29) is 11.9 Å². The fraction of sp³-hybridized carbons (Fsp3) is 0.929. The predicted molar refractivity (Wildman–Crippen MR) is 71.2 cm³/mol. The molecule has 2 rings (SSSR count). The first kappa shape index (κ1) is 13.8. The number of carbonyl (C=O) groups excluding carboxylic acids is 1. The fourth-order valence-corrected chi connectivity index (χ4v) is 3.51. The van der Waals surface area contributed by atoms with E-state index in [2.05, 4.69) is 4.90 Å². The molecule has 0 bridgehead atoms. The molecule has 2 fully saturated rings. The number of carbonyl (C=O) groups is 1. The van der Waals surface area contributed by atoms with Crippen molar-refractivity contribution in [2.24, 2.45) is 11.7 Å². The second kappa shape index (κ2) is 6.53. The van der Waals surface area contributed by atoms with E-state index in [1.54, 1.807) is 7.11 Å². The van der Waals surface area contributed by atoms with Crippen molar-refractivity contribution >= 4 is 5.91 Å². The third-order valence-corrected chi connectivity index (χ3v) is 4.46. The first-order chi connectivity index (χ1) is 8.74. The van der Waals surface area contributed by atoms with Gasteiger partial charge < -0.3 is 15.4 Å². The van der Waals surface area contributed by atoms with Gasteiger partial charge in [0.2, 0.25) is 5.91 Å². The van der Waals surface area contributed by atoms with Gasteiger partial charge in [0.1, 0.15) is 0 Å². The van der Waals surface area contributed by atoms with Gasteiger partial charge >= 0.3 is 0 Å². The van der Waals surface area contributed by atoms with Crippen molar-refractivity contribution in [1.82, 2.24) is 4.90 Å². The van der Waals surface area contributed by atoms with Crippen molar-refractivity contribution in [3.63, 3.8) is 0 Å². The van der Waals surface area contributed by atoms with Crippen LogP contribution in [0.15, 0.2) is 0 Å². The van der Waals surface area contributed by atoms with Crippen molar-refractivity contribution in [3.05, 3.63) is 0 Å². The molecule has 1 amide bonds. The van der Waals surface area contributed by atoms with Crippen LogP contribution in [0.25, 0.3) is 0 Å². The van der Waals surface area contributed by atoms with Gasteiger partial charge in [-0.15, -0.1) is 0 Å². The van der Waals surface area contributed by atoms with Crippen LogP contribution in [0.4, 0.5) is 0 Å². The zero-order chi connectivity index (χ0) is 13.0. The normalized spacial score (nSPS) is 29.1. The van der Waals surface area contributed by atoms with Crippen LogP contribution in [0.5, 0.6) is 0 Å². The van der Waals surface area contributed by atoms with E-state index in [0.717, 1.165) is 31.7 Å². The Balaban J connectivity index is 1.86. The first-order valence-corrected chi connectivity index (χ1v) is 7.29. The Labute approximate surface area is 110 Å². The summed E-state index contributed by atoms with van der Waals surface area (Å²) in [6.45, 7) is 1.60. The summed E-state index contributed by atoms with van der Waals surface area (Å²) in [5, 5.41) is 0. The monoisotopic (exact) mass is 254 g/mol. The molecule has 1 saturated heterocycles. The first-order valence-electron chi connectivity index (χ1n) is 7.29. The molecule has 0 aromatic rings. The minimum atomic E-state index is -0.334. The summed E-state index contributed by atoms with van der Waals surface area (Å²) in [4.78, 5) is 14.5. The van der Waals surface area contributed by atoms with Gasteiger partial charge in [-0.3, -0.25) is 4.79 Å². The van der Waals surface area contributed by atoms with Crippen LogP contribution in [0.2, 0.25) is 0 Å². The standard InChI is InChI=1S/C14H26N2O2/c1-18-10-4-7-12(15)14(17)16-9-3-6-11-5-2-8-13(11)16/h11-13H,2-10,15H2,1H3. The molecule has 0 aromatic heterocycles. The third kappa shape index (κ3) is 3.04. The van der Waals surface area contributed by atoms with Crippen LogP contribution < -0.4 is 5.73 Å². The van der Waals surface area contributed by atoms with Crippen LogP contribution in [-0.2, 0) is 9.53 Å². The maximum Gasteiger partial charge on any atom is 0.239 e. The number of rotatable bonds is 5. The lowest BCUT2D eigenvalue weighted by Crippen LogP contribution is -2.52. The number of likely N-dealkylation sites (tertiary alicyclic amines) is 1. The third-order valence-electron chi connectivity index (χ3n) is 4.46. The van der Waals surface area contributed by atoms with Gasteiger partial charge in [0.05, 0.1) is 6.04 Å². The van der Waals surface area contributed by atoms with Crippen LogP contribution in [0, 0.1) is 5.92 Å². The Morgan fingerprint density at radius 3 is 2.94 bits per heavy atom. The van der Waals surface area contributed by atoms with E-state index in [1.807, 2.05) is 0 Å². The number of nitrogens with zero attached hydrogens (tertiary/aromatic N) is 1. The van der Waals surface area contributed by atoms with E-state index in [9.17, 15) is 4.79 Å². The second-order valence-electron chi connectivity index (χ2n) is 5.67. The molecule has 3 atom stereocenters. The summed E-state index contributed by atoms with van der Waals surface area (Å²) in [6.07, 6.45) is 7.81. The number of amides is 1. The average Bonchev–Trinajstić information content (AvgIpc) is 2.86. The minimum Gasteiger partial charge on any atom is -0.385 e. The van der Waals surface area contributed by atoms with Gasteiger partial charge in [0.25, 0.3) is 0 Å². The minimum absolute atomic E-state index is 0.169. The second-order valence-corrected chi connectivity index (χ2v) is 5.67. The molecule has 1 aliphatic heterocycles. The Hall–Kier alpha value is -0.610. The molecule has 2 N–H and O–H groups in total. The quantitative estimate of drug-likeness (QED) is 0.757. The molecule has 2 aliphatic rings. The lowest BCUT2D eigenvalue weighted by molar-refractivity contribution is -0.137. The summed E-state index contributed by atoms with van der Waals surface area (Å²) in [7, 11) is 1.68. The van der Waals surface area contributed by atoms with E-state index in [4.69, 9.17) is 10.5 Å². The number of ether oxygens (including phenoxy) is 1. The number of methoxy groups -OCH3 is 1. The van der Waals surface area contributed by atoms with Gasteiger partial charge in [0, 0.05) is 26.3 Å². The summed E-state index contributed by atoms with van der Waals surface area (Å²) < 4.78 is 5.01. The van der Waals surface area contributed by atoms with Gasteiger partial charge in [0.15, 0.2) is 0 Å². The summed E-state index contributed by atoms with van der Waals surface area (Å²) in [5.41, 5.74) is 6.02. The lowest BCUT2D eigenvalue weighted by atomic mass is 9.91. The topological polar surface area (TPSA) is 55.6 Å². The maximum atomic E-state index is 12.4. The van der Waals surface area contributed by atoms with Crippen LogP contribution in [0.3, 0.4) is 0 Å². The molecule has 18 heavy (non-hydrogen) atoms. The Morgan fingerprint density at radius 1 is 1.39 bits per heavy atom. The molecule has 4 heteroatoms. The van der Waals surface area contributed by atoms with Crippen LogP contribution in [0.1, 0.15) is 44.9 Å². The lowest BCUT2D eigenvalue weighted by Gasteiger charge is -2.39. The highest BCUT2D eigenvalue weighted by molar-refractivity contribution is 5.82. The predicted octanol–water partition coefficient (Wildman–Crippen LogP) is 1.53. The Morgan fingerprint density at radius 2 is 2.17 bits per heavy atom. The van der Waals surface area contributed by atoms with E-state index in [0.29, 0.717) is 12.6 Å². The zero-order valence-electron chi connectivity index (χ0n) is 11.4. The molecule has 104 valence electrons. The van der Waals surface area contributed by atoms with E-state index < -0.39 is 0 Å². The molecular formula is C14H26N2O2. The van der Waals surface area contributed by atoms with E-state index in [1.165, 1.54) is 25.7 Å². The summed E-state index contributed by atoms with van der Waals surface area (Å²) in [6, 6.07) is 0.152. The maximum absolute atomic E-state index is 12.4. The van der Waals surface area contributed by atoms with Gasteiger partial charge in [-0.25, -0.2) is 0 Å². The average molecular weight is 254 g/mol. The highest BCUT2D eigenvalue weighted by Gasteiger charge is 2.38. The van der Waals surface area contributed by atoms with Gasteiger partial charge in [-0.1, -0.05) is 6.42 Å². The number of fused-ring (bicyclic) bond motifs is 1. The SMILES string of the molecule is COCCCC(N)C(=O)N1CCCC2CCCC21. The van der Waals surface area contributed by atoms with Crippen LogP contribution in [-0.4, -0.2) is 43.2 Å². The highest BCUT2D eigenvalue weighted by atomic mass is 16.5. The summed E-state index contributed by atoms with van der Waals surface area (Å²) in [5.74, 6) is 0.913. The van der Waals surface area contributed by atoms with Crippen molar-refractivity contribution < 1.29 is 9.53 Å². The number of hydrogen-bond acceptors (Lipinski definition) is 3. The highest BCUT2D eigenvalue weighted by Crippen LogP contribution is 2.36. The largest absolute Gasteiger partial charge is 0.385 e. The zero-order valence-corrected chi connectivity index (χ0v) is 11.4. The number of hydrogen-bond donors (Lipinski definition) is 1. The smallest absolute Gasteiger partial charge is 0.239 e. The van der Waals surface area contributed by atoms with E-state index >= 15 is 0 Å². The molecule has 1 saturated carbocycles. The summed E-state index contributed by atoms with van der Waals surface area (Å²) >= 11 is 0. The molecule has 0 spiro atoms. The number of piperidine rings is 1. The van der Waals surface area contributed by atoms with Crippen LogP contribution >= 0.6 is 0 Å². The number of nitrogens with two attached hydrogens (primary N) is 1. The molecule has 1 aliphatic carbocycles. The Kier molecular flexibility index (Phi) is 5.01. The molecule has 0 radical (unpaired) electrons. The van der Waals surface area contributed by atoms with Gasteiger partial charge in [-0.2, -0.15) is 0 Å². The van der Waals surface area contributed by atoms with Crippen molar-refractivity contribution in [1.29, 1.82) is 0 Å². The van der Waals surface area contributed by atoms with Crippen molar-refractivity contribution in [3.8, 4) is 0 Å². The molecule has 1 heterocycles. The molecule has 0 aromatic carbocycles. The fourth-order valence-electron chi connectivity index (χ4n) is 3.51. The van der Waals surface area contributed by atoms with Crippen molar-refractivity contribution in [2.75, 3.05) is 20.3 Å². The molecular weight excluding hydrogens is 228 g/mol. The molecule has 3 unspecified atom stereocenters. The molecule has 4 nitrogen and oxygen atoms in total. The van der Waals surface area contributed by atoms with Crippen molar-refractivity contribution in [2.45, 2.75) is 57.0 Å².